The van der Waals surface area contributed by atoms with Crippen molar-refractivity contribution < 1.29 is 29.0 Å². The average Bonchev–Trinajstić information content (AvgIpc) is 3.43. The Bertz CT molecular complexity index is 994. The maximum atomic E-state index is 12.5. The van der Waals surface area contributed by atoms with Gasteiger partial charge < -0.3 is 25.2 Å². The lowest BCUT2D eigenvalue weighted by Crippen LogP contribution is -2.48. The molecule has 8 heteroatoms. The zero-order chi connectivity index (χ0) is 23.4. The van der Waals surface area contributed by atoms with E-state index in [9.17, 15) is 14.4 Å². The Labute approximate surface area is 192 Å². The summed E-state index contributed by atoms with van der Waals surface area (Å²) in [6.45, 7) is 2.31. The first-order valence-electron chi connectivity index (χ1n) is 11.2. The maximum absolute atomic E-state index is 12.5. The number of carbonyl (C=O) groups is 3. The van der Waals surface area contributed by atoms with Crippen LogP contribution in [-0.2, 0) is 19.1 Å². The van der Waals surface area contributed by atoms with Crippen molar-refractivity contribution in [1.29, 1.82) is 0 Å². The van der Waals surface area contributed by atoms with Crippen molar-refractivity contribution in [2.45, 2.75) is 37.8 Å². The number of benzene rings is 2. The summed E-state index contributed by atoms with van der Waals surface area (Å²) in [6, 6.07) is 15.4. The summed E-state index contributed by atoms with van der Waals surface area (Å²) >= 11 is 0. The molecule has 8 nitrogen and oxygen atoms in total. The van der Waals surface area contributed by atoms with Gasteiger partial charge in [0.1, 0.15) is 12.6 Å². The van der Waals surface area contributed by atoms with Crippen molar-refractivity contribution in [3.63, 3.8) is 0 Å². The molecule has 1 heterocycles. The van der Waals surface area contributed by atoms with E-state index < -0.39 is 24.0 Å². The van der Waals surface area contributed by atoms with Crippen LogP contribution in [0.2, 0.25) is 0 Å². The highest BCUT2D eigenvalue weighted by Gasteiger charge is 2.32. The van der Waals surface area contributed by atoms with Crippen molar-refractivity contribution in [3.05, 3.63) is 59.7 Å². The van der Waals surface area contributed by atoms with Gasteiger partial charge in [-0.15, -0.1) is 0 Å². The topological polar surface area (TPSA) is 114 Å². The standard InChI is InChI=1S/C25H28N2O6/c1-2-22(23(28)26-12-16-11-15(13-32-16)24(29)30)27-25(31)33-14-21-19-9-5-3-7-17(19)18-8-4-6-10-20(18)21/h3-10,15-16,21-22H,2,11-14H2,1H3,(H,26,28)(H,27,31)(H,29,30)/t15-,16-,22-/m1/s1. The normalized spacial score (nSPS) is 19.9. The van der Waals surface area contributed by atoms with E-state index in [-0.39, 0.29) is 37.7 Å². The number of fused-ring (bicyclic) bond motifs is 3. The van der Waals surface area contributed by atoms with Crippen LogP contribution >= 0.6 is 0 Å². The van der Waals surface area contributed by atoms with Gasteiger partial charge >= 0.3 is 12.1 Å². The third kappa shape index (κ3) is 5.01. The molecule has 174 valence electrons. The van der Waals surface area contributed by atoms with Crippen molar-refractivity contribution in [3.8, 4) is 11.1 Å². The summed E-state index contributed by atoms with van der Waals surface area (Å²) in [4.78, 5) is 36.0. The number of nitrogens with one attached hydrogen (secondary N) is 2. The number of carboxylic acid groups (broad SMARTS) is 1. The molecule has 1 aliphatic carbocycles. The van der Waals surface area contributed by atoms with Gasteiger partial charge in [0.25, 0.3) is 0 Å². The SMILES string of the molecule is CC[C@@H](NC(=O)OCC1c2ccccc2-c2ccccc21)C(=O)NC[C@H]1C[C@@H](C(=O)O)CO1. The predicted molar refractivity (Wildman–Crippen MR) is 121 cm³/mol. The van der Waals surface area contributed by atoms with Crippen LogP contribution in [0.3, 0.4) is 0 Å². The quantitative estimate of drug-likeness (QED) is 0.568. The summed E-state index contributed by atoms with van der Waals surface area (Å²) in [5.74, 6) is -1.85. The van der Waals surface area contributed by atoms with Gasteiger partial charge in [-0.05, 0) is 35.1 Å². The number of hydrogen-bond donors (Lipinski definition) is 3. The molecule has 2 aromatic carbocycles. The van der Waals surface area contributed by atoms with Crippen LogP contribution in [0.15, 0.2) is 48.5 Å². The summed E-state index contributed by atoms with van der Waals surface area (Å²) in [6.07, 6.45) is -0.255. The minimum atomic E-state index is -0.896. The van der Waals surface area contributed by atoms with Gasteiger partial charge in [-0.1, -0.05) is 55.5 Å². The Kier molecular flexibility index (Phi) is 6.93. The van der Waals surface area contributed by atoms with Gasteiger partial charge in [0.15, 0.2) is 0 Å². The lowest BCUT2D eigenvalue weighted by Gasteiger charge is -2.19. The average molecular weight is 453 g/mol. The van der Waals surface area contributed by atoms with E-state index in [1.807, 2.05) is 36.4 Å². The number of alkyl carbamates (subject to hydrolysis) is 1. The van der Waals surface area contributed by atoms with Crippen molar-refractivity contribution in [2.24, 2.45) is 5.92 Å². The highest BCUT2D eigenvalue weighted by Crippen LogP contribution is 2.44. The summed E-state index contributed by atoms with van der Waals surface area (Å²) in [5.41, 5.74) is 4.53. The van der Waals surface area contributed by atoms with Crippen LogP contribution in [0.5, 0.6) is 0 Å². The zero-order valence-electron chi connectivity index (χ0n) is 18.5. The number of hydrogen-bond acceptors (Lipinski definition) is 5. The molecule has 0 radical (unpaired) electrons. The molecule has 2 aliphatic rings. The highest BCUT2D eigenvalue weighted by molar-refractivity contribution is 5.85. The minimum absolute atomic E-state index is 0.0567. The predicted octanol–water partition coefficient (Wildman–Crippen LogP) is 2.91. The van der Waals surface area contributed by atoms with E-state index >= 15 is 0 Å². The maximum Gasteiger partial charge on any atom is 0.407 e. The van der Waals surface area contributed by atoms with Crippen LogP contribution in [0.4, 0.5) is 4.79 Å². The van der Waals surface area contributed by atoms with Gasteiger partial charge in [0.2, 0.25) is 5.91 Å². The fourth-order valence-corrected chi connectivity index (χ4v) is 4.49. The zero-order valence-corrected chi connectivity index (χ0v) is 18.5. The summed E-state index contributed by atoms with van der Waals surface area (Å²) in [5, 5.41) is 14.4. The van der Waals surface area contributed by atoms with Crippen molar-refractivity contribution in [2.75, 3.05) is 19.8 Å². The number of rotatable bonds is 8. The van der Waals surface area contributed by atoms with Crippen LogP contribution in [0.1, 0.15) is 36.8 Å². The molecule has 3 atom stereocenters. The number of carboxylic acids is 1. The molecule has 4 rings (SSSR count). The van der Waals surface area contributed by atoms with Gasteiger partial charge in [-0.3, -0.25) is 9.59 Å². The lowest BCUT2D eigenvalue weighted by molar-refractivity contribution is -0.141. The van der Waals surface area contributed by atoms with Crippen LogP contribution in [-0.4, -0.2) is 55.0 Å². The van der Waals surface area contributed by atoms with E-state index in [1.165, 1.54) is 0 Å². The molecular formula is C25H28N2O6. The summed E-state index contributed by atoms with van der Waals surface area (Å²) in [7, 11) is 0. The van der Waals surface area contributed by atoms with Gasteiger partial charge in [-0.25, -0.2) is 4.79 Å². The minimum Gasteiger partial charge on any atom is -0.481 e. The molecule has 0 bridgehead atoms. The van der Waals surface area contributed by atoms with Crippen molar-refractivity contribution >= 4 is 18.0 Å². The molecule has 0 aromatic heterocycles. The molecule has 2 aromatic rings. The number of amides is 2. The lowest BCUT2D eigenvalue weighted by atomic mass is 9.98. The molecule has 0 unspecified atom stereocenters. The van der Waals surface area contributed by atoms with Crippen LogP contribution in [0, 0.1) is 5.92 Å². The molecule has 2 amide bonds. The number of aliphatic carboxylic acids is 1. The van der Waals surface area contributed by atoms with E-state index in [1.54, 1.807) is 6.92 Å². The van der Waals surface area contributed by atoms with Crippen molar-refractivity contribution in [1.82, 2.24) is 10.6 Å². The van der Waals surface area contributed by atoms with Gasteiger partial charge in [-0.2, -0.15) is 0 Å². The fraction of sp³-hybridized carbons (Fsp3) is 0.400. The second-order valence-electron chi connectivity index (χ2n) is 8.40. The van der Waals surface area contributed by atoms with E-state index in [2.05, 4.69) is 22.8 Å². The Hall–Kier alpha value is -3.39. The second-order valence-corrected chi connectivity index (χ2v) is 8.40. The molecule has 3 N–H and O–H groups in total. The highest BCUT2D eigenvalue weighted by atomic mass is 16.5. The largest absolute Gasteiger partial charge is 0.481 e. The first kappa shape index (κ1) is 22.8. The number of carbonyl (C=O) groups excluding carboxylic acids is 2. The van der Waals surface area contributed by atoms with E-state index in [0.717, 1.165) is 22.3 Å². The molecular weight excluding hydrogens is 424 g/mol. The van der Waals surface area contributed by atoms with Crippen LogP contribution in [0.25, 0.3) is 11.1 Å². The van der Waals surface area contributed by atoms with Crippen LogP contribution < -0.4 is 10.6 Å². The van der Waals surface area contributed by atoms with Gasteiger partial charge in [0.05, 0.1) is 18.6 Å². The van der Waals surface area contributed by atoms with E-state index in [0.29, 0.717) is 12.8 Å². The smallest absolute Gasteiger partial charge is 0.407 e. The molecule has 1 saturated heterocycles. The first-order chi connectivity index (χ1) is 16.0. The molecule has 33 heavy (non-hydrogen) atoms. The second kappa shape index (κ2) is 10.0. The molecule has 1 aliphatic heterocycles. The Morgan fingerprint density at radius 1 is 1.09 bits per heavy atom. The Morgan fingerprint density at radius 3 is 2.30 bits per heavy atom. The van der Waals surface area contributed by atoms with Gasteiger partial charge in [0, 0.05) is 12.5 Å². The summed E-state index contributed by atoms with van der Waals surface area (Å²) < 4.78 is 10.9. The Morgan fingerprint density at radius 2 is 1.73 bits per heavy atom. The Balaban J connectivity index is 1.29. The molecule has 0 spiro atoms. The first-order valence-corrected chi connectivity index (χ1v) is 11.2. The fourth-order valence-electron chi connectivity index (χ4n) is 4.49. The number of ether oxygens (including phenoxy) is 2. The molecule has 0 saturated carbocycles. The third-order valence-corrected chi connectivity index (χ3v) is 6.29. The monoisotopic (exact) mass is 452 g/mol. The molecule has 1 fully saturated rings. The van der Waals surface area contributed by atoms with E-state index in [4.69, 9.17) is 14.6 Å². The third-order valence-electron chi connectivity index (χ3n) is 6.29.